The molecule has 0 atom stereocenters. The van der Waals surface area contributed by atoms with E-state index in [9.17, 15) is 0 Å². The maximum Gasteiger partial charge on any atom is 0.0724 e. The van der Waals surface area contributed by atoms with E-state index in [1.165, 1.54) is 33.0 Å². The third kappa shape index (κ3) is 5.97. The van der Waals surface area contributed by atoms with Crippen LogP contribution in [0.25, 0.3) is 10.9 Å². The average molecular weight is 452 g/mol. The summed E-state index contributed by atoms with van der Waals surface area (Å²) in [7, 11) is 0. The Labute approximate surface area is 195 Å². The number of piperazine rings is 1. The van der Waals surface area contributed by atoms with Crippen LogP contribution >= 0.6 is 23.5 Å². The molecule has 31 heavy (non-hydrogen) atoms. The van der Waals surface area contributed by atoms with Crippen molar-refractivity contribution < 1.29 is 0 Å². The summed E-state index contributed by atoms with van der Waals surface area (Å²) in [4.78, 5) is 12.2. The molecule has 0 N–H and O–H groups in total. The summed E-state index contributed by atoms with van der Waals surface area (Å²) in [6.45, 7) is 12.7. The Morgan fingerprint density at radius 2 is 1.68 bits per heavy atom. The van der Waals surface area contributed by atoms with E-state index in [-0.39, 0.29) is 0 Å². The van der Waals surface area contributed by atoms with Crippen LogP contribution in [0.15, 0.2) is 64.5 Å². The van der Waals surface area contributed by atoms with Crippen molar-refractivity contribution in [3.8, 4) is 0 Å². The summed E-state index contributed by atoms with van der Waals surface area (Å²) in [5.41, 5.74) is 4.17. The van der Waals surface area contributed by atoms with Gasteiger partial charge in [0, 0.05) is 65.5 Å². The van der Waals surface area contributed by atoms with Crippen LogP contribution < -0.4 is 4.90 Å². The Bertz CT molecular complexity index is 1000. The van der Waals surface area contributed by atoms with Gasteiger partial charge in [-0.1, -0.05) is 39.0 Å². The Balaban J connectivity index is 1.35. The summed E-state index contributed by atoms with van der Waals surface area (Å²) >= 11 is 3.66. The molecule has 0 spiro atoms. The average Bonchev–Trinajstić information content (AvgIpc) is 2.77. The van der Waals surface area contributed by atoms with Gasteiger partial charge in [0.1, 0.15) is 0 Å². The minimum atomic E-state index is 0.374. The molecule has 0 saturated carbocycles. The molecule has 2 heterocycles. The van der Waals surface area contributed by atoms with Gasteiger partial charge in [0.05, 0.1) is 5.52 Å². The Morgan fingerprint density at radius 3 is 2.35 bits per heavy atom. The van der Waals surface area contributed by atoms with Crippen molar-refractivity contribution >= 4 is 40.1 Å². The SMILES string of the molecule is CSc1ccc2c(SCc3ccc(N4CCN(CC(C)(C)C)CC4)cc3)ccnc2c1. The zero-order valence-corrected chi connectivity index (χ0v) is 20.7. The molecular weight excluding hydrogens is 418 g/mol. The quantitative estimate of drug-likeness (QED) is 0.402. The van der Waals surface area contributed by atoms with E-state index in [1.807, 2.05) is 18.0 Å². The number of thioether (sulfide) groups is 2. The highest BCUT2D eigenvalue weighted by molar-refractivity contribution is 7.99. The van der Waals surface area contributed by atoms with E-state index in [4.69, 9.17) is 0 Å². The van der Waals surface area contributed by atoms with Crippen LogP contribution in [0.1, 0.15) is 26.3 Å². The fourth-order valence-electron chi connectivity index (χ4n) is 4.15. The molecule has 1 aliphatic heterocycles. The molecule has 3 nitrogen and oxygen atoms in total. The first-order valence-electron chi connectivity index (χ1n) is 11.0. The highest BCUT2D eigenvalue weighted by Gasteiger charge is 2.21. The van der Waals surface area contributed by atoms with Crippen LogP contribution in [-0.2, 0) is 5.75 Å². The van der Waals surface area contributed by atoms with Crippen LogP contribution in [0.4, 0.5) is 5.69 Å². The standard InChI is InChI=1S/C26H33N3S2/c1-26(2,3)19-28-13-15-29(16-14-28)21-7-5-20(6-8-21)18-31-25-11-12-27-24-17-22(30-4)9-10-23(24)25/h5-12,17H,13-16,18-19H2,1-4H3. The molecule has 0 unspecified atom stereocenters. The van der Waals surface area contributed by atoms with E-state index >= 15 is 0 Å². The van der Waals surface area contributed by atoms with Gasteiger partial charge in [0.25, 0.3) is 0 Å². The normalized spacial score (nSPS) is 15.5. The van der Waals surface area contributed by atoms with Crippen LogP contribution in [0.2, 0.25) is 0 Å². The highest BCUT2D eigenvalue weighted by atomic mass is 32.2. The molecule has 1 aromatic heterocycles. The van der Waals surface area contributed by atoms with Crippen LogP contribution in [-0.4, -0.2) is 48.9 Å². The molecule has 0 radical (unpaired) electrons. The summed E-state index contributed by atoms with van der Waals surface area (Å²) in [5, 5.41) is 1.25. The zero-order valence-electron chi connectivity index (χ0n) is 19.1. The van der Waals surface area contributed by atoms with Gasteiger partial charge in [-0.3, -0.25) is 9.88 Å². The zero-order chi connectivity index (χ0) is 21.8. The number of benzene rings is 2. The van der Waals surface area contributed by atoms with Gasteiger partial charge in [-0.2, -0.15) is 0 Å². The minimum absolute atomic E-state index is 0.374. The van der Waals surface area contributed by atoms with E-state index in [2.05, 4.69) is 90.3 Å². The number of pyridine rings is 1. The number of anilines is 1. The lowest BCUT2D eigenvalue weighted by atomic mass is 9.96. The van der Waals surface area contributed by atoms with E-state index in [1.54, 1.807) is 11.8 Å². The van der Waals surface area contributed by atoms with Gasteiger partial charge in [-0.25, -0.2) is 0 Å². The van der Waals surface area contributed by atoms with Crippen molar-refractivity contribution in [2.75, 3.05) is 43.9 Å². The first kappa shape index (κ1) is 22.5. The number of hydrogen-bond acceptors (Lipinski definition) is 5. The molecule has 0 amide bonds. The lowest BCUT2D eigenvalue weighted by Crippen LogP contribution is -2.48. The van der Waals surface area contributed by atoms with Crippen LogP contribution in [0, 0.1) is 5.41 Å². The van der Waals surface area contributed by atoms with Gasteiger partial charge in [-0.15, -0.1) is 23.5 Å². The summed E-state index contributed by atoms with van der Waals surface area (Å²) in [5.74, 6) is 0.975. The number of fused-ring (bicyclic) bond motifs is 1. The van der Waals surface area contributed by atoms with Crippen molar-refractivity contribution in [1.82, 2.24) is 9.88 Å². The molecule has 0 bridgehead atoms. The first-order valence-corrected chi connectivity index (χ1v) is 13.2. The molecule has 1 saturated heterocycles. The molecule has 0 aliphatic carbocycles. The third-order valence-electron chi connectivity index (χ3n) is 5.68. The van der Waals surface area contributed by atoms with Gasteiger partial charge >= 0.3 is 0 Å². The first-order chi connectivity index (χ1) is 14.9. The molecule has 3 aromatic rings. The second-order valence-electron chi connectivity index (χ2n) is 9.47. The summed E-state index contributed by atoms with van der Waals surface area (Å²) in [6.07, 6.45) is 4.03. The maximum atomic E-state index is 4.56. The summed E-state index contributed by atoms with van der Waals surface area (Å²) < 4.78 is 0. The van der Waals surface area contributed by atoms with E-state index in [0.717, 1.165) is 37.4 Å². The van der Waals surface area contributed by atoms with E-state index < -0.39 is 0 Å². The van der Waals surface area contributed by atoms with Crippen molar-refractivity contribution in [2.45, 2.75) is 36.3 Å². The molecule has 1 aliphatic rings. The molecule has 4 rings (SSSR count). The number of hydrogen-bond donors (Lipinski definition) is 0. The molecular formula is C26H33N3S2. The lowest BCUT2D eigenvalue weighted by Gasteiger charge is -2.38. The smallest absolute Gasteiger partial charge is 0.0724 e. The molecule has 164 valence electrons. The fourth-order valence-corrected chi connectivity index (χ4v) is 5.59. The van der Waals surface area contributed by atoms with Gasteiger partial charge in [-0.05, 0) is 47.6 Å². The van der Waals surface area contributed by atoms with Gasteiger partial charge in [0.2, 0.25) is 0 Å². The molecule has 5 heteroatoms. The minimum Gasteiger partial charge on any atom is -0.369 e. The Morgan fingerprint density at radius 1 is 0.935 bits per heavy atom. The number of nitrogens with zero attached hydrogens (tertiary/aromatic N) is 3. The second kappa shape index (κ2) is 9.85. The molecule has 1 fully saturated rings. The fraction of sp³-hybridized carbons (Fsp3) is 0.423. The van der Waals surface area contributed by atoms with Crippen LogP contribution in [0.5, 0.6) is 0 Å². The summed E-state index contributed by atoms with van der Waals surface area (Å²) in [6, 6.07) is 17.9. The molecule has 2 aromatic carbocycles. The second-order valence-corrected chi connectivity index (χ2v) is 11.4. The topological polar surface area (TPSA) is 19.4 Å². The Kier molecular flexibility index (Phi) is 7.15. The third-order valence-corrected chi connectivity index (χ3v) is 7.55. The van der Waals surface area contributed by atoms with Crippen molar-refractivity contribution in [2.24, 2.45) is 5.41 Å². The van der Waals surface area contributed by atoms with Gasteiger partial charge in [0.15, 0.2) is 0 Å². The number of rotatable bonds is 6. The monoisotopic (exact) mass is 451 g/mol. The van der Waals surface area contributed by atoms with E-state index in [0.29, 0.717) is 5.41 Å². The lowest BCUT2D eigenvalue weighted by molar-refractivity contribution is 0.182. The predicted octanol–water partition coefficient (Wildman–Crippen LogP) is 6.42. The van der Waals surface area contributed by atoms with Crippen molar-refractivity contribution in [3.63, 3.8) is 0 Å². The largest absolute Gasteiger partial charge is 0.369 e. The Hall–Kier alpha value is -1.69. The van der Waals surface area contributed by atoms with Gasteiger partial charge < -0.3 is 4.90 Å². The highest BCUT2D eigenvalue weighted by Crippen LogP contribution is 2.31. The predicted molar refractivity (Wildman–Crippen MR) is 138 cm³/mol. The van der Waals surface area contributed by atoms with Crippen molar-refractivity contribution in [3.05, 3.63) is 60.3 Å². The van der Waals surface area contributed by atoms with Crippen LogP contribution in [0.3, 0.4) is 0 Å². The maximum absolute atomic E-state index is 4.56. The number of aromatic nitrogens is 1. The van der Waals surface area contributed by atoms with Crippen molar-refractivity contribution in [1.29, 1.82) is 0 Å².